The van der Waals surface area contributed by atoms with E-state index < -0.39 is 5.97 Å². The third-order valence-electron chi connectivity index (χ3n) is 2.17. The molecule has 0 bridgehead atoms. The number of ether oxygens (including phenoxy) is 1. The first-order chi connectivity index (χ1) is 8.15. The van der Waals surface area contributed by atoms with Crippen molar-refractivity contribution in [1.29, 1.82) is 0 Å². The minimum atomic E-state index is -0.435. The van der Waals surface area contributed by atoms with Crippen molar-refractivity contribution in [2.75, 3.05) is 11.5 Å². The Balaban J connectivity index is 2.19. The Morgan fingerprint density at radius 1 is 0.941 bits per heavy atom. The first kappa shape index (κ1) is 11.0. The molecule has 0 radical (unpaired) electrons. The average molecular weight is 228 g/mol. The van der Waals surface area contributed by atoms with Crippen LogP contribution < -0.4 is 16.2 Å². The number of nitrogens with two attached hydrogens (primary N) is 2. The lowest BCUT2D eigenvalue weighted by molar-refractivity contribution is 0.0735. The van der Waals surface area contributed by atoms with E-state index >= 15 is 0 Å². The molecule has 17 heavy (non-hydrogen) atoms. The van der Waals surface area contributed by atoms with Gasteiger partial charge in [0.15, 0.2) is 0 Å². The van der Waals surface area contributed by atoms with Crippen molar-refractivity contribution < 1.29 is 9.53 Å². The van der Waals surface area contributed by atoms with Crippen molar-refractivity contribution in [1.82, 2.24) is 0 Å². The molecule has 0 fully saturated rings. The molecule has 0 amide bonds. The highest BCUT2D eigenvalue weighted by Gasteiger charge is 2.08. The molecule has 2 aromatic rings. The van der Waals surface area contributed by atoms with Gasteiger partial charge in [-0.3, -0.25) is 0 Å². The molecule has 0 saturated heterocycles. The van der Waals surface area contributed by atoms with Gasteiger partial charge < -0.3 is 16.2 Å². The zero-order valence-electron chi connectivity index (χ0n) is 9.09. The lowest BCUT2D eigenvalue weighted by atomic mass is 10.2. The van der Waals surface area contributed by atoms with Gasteiger partial charge in [-0.05, 0) is 18.2 Å². The lowest BCUT2D eigenvalue weighted by Crippen LogP contribution is -2.08. The fourth-order valence-electron chi connectivity index (χ4n) is 1.45. The van der Waals surface area contributed by atoms with Gasteiger partial charge in [-0.1, -0.05) is 18.2 Å². The van der Waals surface area contributed by atoms with Crippen LogP contribution in [-0.4, -0.2) is 5.97 Å². The topological polar surface area (TPSA) is 78.3 Å². The van der Waals surface area contributed by atoms with Crippen LogP contribution in [0, 0.1) is 0 Å². The molecule has 0 aliphatic rings. The second-order valence-electron chi connectivity index (χ2n) is 3.59. The number of rotatable bonds is 2. The minimum absolute atomic E-state index is 0.344. The van der Waals surface area contributed by atoms with Crippen LogP contribution in [0.3, 0.4) is 0 Å². The number of anilines is 2. The van der Waals surface area contributed by atoms with Gasteiger partial charge in [-0.25, -0.2) is 4.79 Å². The van der Waals surface area contributed by atoms with Crippen LogP contribution in [0.4, 0.5) is 11.4 Å². The molecule has 4 nitrogen and oxygen atoms in total. The van der Waals surface area contributed by atoms with Crippen molar-refractivity contribution >= 4 is 17.3 Å². The van der Waals surface area contributed by atoms with Crippen LogP contribution in [0.15, 0.2) is 48.5 Å². The number of carbonyl (C=O) groups is 1. The van der Waals surface area contributed by atoms with E-state index in [2.05, 4.69) is 0 Å². The van der Waals surface area contributed by atoms with Crippen LogP contribution in [0.2, 0.25) is 0 Å². The van der Waals surface area contributed by atoms with Crippen molar-refractivity contribution in [3.63, 3.8) is 0 Å². The molecule has 0 aliphatic carbocycles. The molecular formula is C13H12N2O2. The molecule has 2 aromatic carbocycles. The fourth-order valence-corrected chi connectivity index (χ4v) is 1.45. The Morgan fingerprint density at radius 3 is 2.12 bits per heavy atom. The van der Waals surface area contributed by atoms with Gasteiger partial charge in [0.05, 0.1) is 5.56 Å². The van der Waals surface area contributed by atoms with E-state index in [4.69, 9.17) is 16.2 Å². The van der Waals surface area contributed by atoms with Gasteiger partial charge in [0.1, 0.15) is 5.75 Å². The predicted octanol–water partition coefficient (Wildman–Crippen LogP) is 2.07. The summed E-state index contributed by atoms with van der Waals surface area (Å²) in [5.74, 6) is -0.0908. The summed E-state index contributed by atoms with van der Waals surface area (Å²) in [5.41, 5.74) is 12.6. The molecule has 0 saturated carbocycles. The highest BCUT2D eigenvalue weighted by molar-refractivity contribution is 5.91. The number of hydrogen-bond donors (Lipinski definition) is 2. The Bertz CT molecular complexity index is 518. The molecule has 86 valence electrons. The zero-order chi connectivity index (χ0) is 12.3. The molecule has 0 aromatic heterocycles. The maximum absolute atomic E-state index is 11.7. The van der Waals surface area contributed by atoms with E-state index in [1.165, 1.54) is 0 Å². The van der Waals surface area contributed by atoms with Gasteiger partial charge in [-0.2, -0.15) is 0 Å². The molecule has 4 heteroatoms. The van der Waals surface area contributed by atoms with Gasteiger partial charge in [0, 0.05) is 23.5 Å². The smallest absolute Gasteiger partial charge is 0.343 e. The minimum Gasteiger partial charge on any atom is -0.423 e. The standard InChI is InChI=1S/C13H12N2O2/c14-10-6-11(15)8-12(7-10)17-13(16)9-4-2-1-3-5-9/h1-8H,14-15H2. The predicted molar refractivity (Wildman–Crippen MR) is 66.7 cm³/mol. The summed E-state index contributed by atoms with van der Waals surface area (Å²) in [5, 5.41) is 0. The third kappa shape index (κ3) is 2.75. The summed E-state index contributed by atoms with van der Waals surface area (Å²) < 4.78 is 5.16. The number of esters is 1. The molecule has 0 heterocycles. The first-order valence-corrected chi connectivity index (χ1v) is 5.08. The van der Waals surface area contributed by atoms with Gasteiger partial charge in [0.25, 0.3) is 0 Å². The summed E-state index contributed by atoms with van der Waals surface area (Å²) in [6.45, 7) is 0. The van der Waals surface area contributed by atoms with Crippen LogP contribution in [-0.2, 0) is 0 Å². The Labute approximate surface area is 98.8 Å². The first-order valence-electron chi connectivity index (χ1n) is 5.08. The summed E-state index contributed by atoms with van der Waals surface area (Å²) in [7, 11) is 0. The monoisotopic (exact) mass is 228 g/mol. The molecule has 0 atom stereocenters. The van der Waals surface area contributed by atoms with Crippen molar-refractivity contribution in [2.45, 2.75) is 0 Å². The molecule has 2 rings (SSSR count). The zero-order valence-corrected chi connectivity index (χ0v) is 9.09. The van der Waals surface area contributed by atoms with E-state index in [0.717, 1.165) is 0 Å². The maximum atomic E-state index is 11.7. The summed E-state index contributed by atoms with van der Waals surface area (Å²) in [6, 6.07) is 13.4. The summed E-state index contributed by atoms with van der Waals surface area (Å²) >= 11 is 0. The van der Waals surface area contributed by atoms with Crippen molar-refractivity contribution in [3.8, 4) is 5.75 Å². The molecule has 0 unspecified atom stereocenters. The lowest BCUT2D eigenvalue weighted by Gasteiger charge is -2.06. The molecule has 4 N–H and O–H groups in total. The summed E-state index contributed by atoms with van der Waals surface area (Å²) in [6.07, 6.45) is 0. The van der Waals surface area contributed by atoms with E-state index in [1.54, 1.807) is 42.5 Å². The molecule has 0 aliphatic heterocycles. The van der Waals surface area contributed by atoms with Crippen LogP contribution in [0.25, 0.3) is 0 Å². The van der Waals surface area contributed by atoms with Crippen LogP contribution in [0.1, 0.15) is 10.4 Å². The van der Waals surface area contributed by atoms with Crippen LogP contribution in [0.5, 0.6) is 5.75 Å². The fraction of sp³-hybridized carbons (Fsp3) is 0. The van der Waals surface area contributed by atoms with Crippen LogP contribution >= 0.6 is 0 Å². The number of nitrogen functional groups attached to an aromatic ring is 2. The van der Waals surface area contributed by atoms with Gasteiger partial charge >= 0.3 is 5.97 Å². The van der Waals surface area contributed by atoms with Crippen molar-refractivity contribution in [3.05, 3.63) is 54.1 Å². The highest BCUT2D eigenvalue weighted by atomic mass is 16.5. The second-order valence-corrected chi connectivity index (χ2v) is 3.59. The second kappa shape index (κ2) is 4.57. The number of hydrogen-bond acceptors (Lipinski definition) is 4. The third-order valence-corrected chi connectivity index (χ3v) is 2.17. The SMILES string of the molecule is Nc1cc(N)cc(OC(=O)c2ccccc2)c1. The Kier molecular flexibility index (Phi) is 2.96. The average Bonchev–Trinajstić information content (AvgIpc) is 2.28. The van der Waals surface area contributed by atoms with E-state index in [0.29, 0.717) is 22.7 Å². The van der Waals surface area contributed by atoms with Crippen molar-refractivity contribution in [2.24, 2.45) is 0 Å². The Morgan fingerprint density at radius 2 is 1.53 bits per heavy atom. The van der Waals surface area contributed by atoms with Gasteiger partial charge in [-0.15, -0.1) is 0 Å². The van der Waals surface area contributed by atoms with E-state index in [-0.39, 0.29) is 0 Å². The van der Waals surface area contributed by atoms with E-state index in [9.17, 15) is 4.79 Å². The highest BCUT2D eigenvalue weighted by Crippen LogP contribution is 2.21. The number of benzene rings is 2. The number of carbonyl (C=O) groups excluding carboxylic acids is 1. The summed E-state index contributed by atoms with van der Waals surface area (Å²) in [4.78, 5) is 11.7. The largest absolute Gasteiger partial charge is 0.423 e. The Hall–Kier alpha value is -2.49. The maximum Gasteiger partial charge on any atom is 0.343 e. The van der Waals surface area contributed by atoms with Gasteiger partial charge in [0.2, 0.25) is 0 Å². The quantitative estimate of drug-likeness (QED) is 0.468. The molecular weight excluding hydrogens is 216 g/mol. The normalized spacial score (nSPS) is 9.88. The molecule has 0 spiro atoms. The van der Waals surface area contributed by atoms with E-state index in [1.807, 2.05) is 6.07 Å².